The van der Waals surface area contributed by atoms with Crippen molar-refractivity contribution >= 4 is 55.3 Å². The predicted octanol–water partition coefficient (Wildman–Crippen LogP) is 6.80. The number of amides is 2. The van der Waals surface area contributed by atoms with Crippen LogP contribution in [0, 0.1) is 0 Å². The first-order valence-electron chi connectivity index (χ1n) is 11.5. The van der Waals surface area contributed by atoms with E-state index in [1.165, 1.54) is 0 Å². The van der Waals surface area contributed by atoms with Crippen molar-refractivity contribution in [3.63, 3.8) is 0 Å². The van der Waals surface area contributed by atoms with E-state index in [0.29, 0.717) is 21.7 Å². The van der Waals surface area contributed by atoms with Crippen molar-refractivity contribution in [1.82, 2.24) is 10.2 Å². The summed E-state index contributed by atoms with van der Waals surface area (Å²) in [5.74, 6) is -0.0238. The number of nitrogens with zero attached hydrogens (tertiary/aromatic N) is 1. The number of benzene rings is 3. The molecular formula is C28H29Br2ClN2O3. The van der Waals surface area contributed by atoms with Crippen molar-refractivity contribution in [1.29, 1.82) is 0 Å². The van der Waals surface area contributed by atoms with Crippen LogP contribution in [0.5, 0.6) is 5.75 Å². The Morgan fingerprint density at radius 3 is 2.25 bits per heavy atom. The molecule has 190 valence electrons. The number of nitrogens with one attached hydrogen (secondary N) is 1. The Morgan fingerprint density at radius 1 is 0.972 bits per heavy atom. The van der Waals surface area contributed by atoms with Gasteiger partial charge in [0.05, 0.1) is 4.47 Å². The highest BCUT2D eigenvalue weighted by Crippen LogP contribution is 2.28. The minimum absolute atomic E-state index is 0.218. The highest BCUT2D eigenvalue weighted by Gasteiger charge is 2.32. The normalized spacial score (nSPS) is 12.1. The van der Waals surface area contributed by atoms with Gasteiger partial charge < -0.3 is 15.0 Å². The van der Waals surface area contributed by atoms with Gasteiger partial charge in [-0.3, -0.25) is 9.59 Å². The Hall–Kier alpha value is -2.35. The van der Waals surface area contributed by atoms with Crippen LogP contribution in [0.1, 0.15) is 31.9 Å². The van der Waals surface area contributed by atoms with E-state index in [-0.39, 0.29) is 25.0 Å². The van der Waals surface area contributed by atoms with Crippen molar-refractivity contribution in [2.75, 3.05) is 6.61 Å². The third-order valence-corrected chi connectivity index (χ3v) is 6.66. The SMILES string of the molecule is CC(C)(C)NC(=O)C(Cc1ccccc1)N(Cc1ccc(Br)cc1)C(=O)COc1ccc(Cl)cc1Br. The van der Waals surface area contributed by atoms with Gasteiger partial charge >= 0.3 is 0 Å². The van der Waals surface area contributed by atoms with Crippen LogP contribution < -0.4 is 10.1 Å². The van der Waals surface area contributed by atoms with E-state index in [1.807, 2.05) is 75.4 Å². The Balaban J connectivity index is 1.93. The van der Waals surface area contributed by atoms with Gasteiger partial charge in [-0.1, -0.05) is 70.0 Å². The largest absolute Gasteiger partial charge is 0.483 e. The molecule has 0 aliphatic heterocycles. The van der Waals surface area contributed by atoms with Crippen LogP contribution in [0.2, 0.25) is 5.02 Å². The Labute approximate surface area is 234 Å². The predicted molar refractivity (Wildman–Crippen MR) is 151 cm³/mol. The van der Waals surface area contributed by atoms with Gasteiger partial charge in [-0.15, -0.1) is 0 Å². The minimum atomic E-state index is -0.736. The summed E-state index contributed by atoms with van der Waals surface area (Å²) >= 11 is 12.9. The molecule has 1 unspecified atom stereocenters. The van der Waals surface area contributed by atoms with E-state index >= 15 is 0 Å². The molecule has 0 fully saturated rings. The molecule has 36 heavy (non-hydrogen) atoms. The monoisotopic (exact) mass is 634 g/mol. The highest BCUT2D eigenvalue weighted by molar-refractivity contribution is 9.10. The zero-order chi connectivity index (χ0) is 26.3. The van der Waals surface area contributed by atoms with Crippen LogP contribution in [0.15, 0.2) is 81.7 Å². The number of hydrogen-bond donors (Lipinski definition) is 1. The summed E-state index contributed by atoms with van der Waals surface area (Å²) in [6, 6.07) is 21.8. The zero-order valence-corrected chi connectivity index (χ0v) is 24.4. The number of ether oxygens (including phenoxy) is 1. The first kappa shape index (κ1) is 28.2. The molecule has 0 heterocycles. The molecule has 0 saturated heterocycles. The molecule has 8 heteroatoms. The molecule has 5 nitrogen and oxygen atoms in total. The summed E-state index contributed by atoms with van der Waals surface area (Å²) in [6.07, 6.45) is 0.371. The Morgan fingerprint density at radius 2 is 1.64 bits per heavy atom. The summed E-state index contributed by atoms with van der Waals surface area (Å²) in [6.45, 7) is 5.79. The van der Waals surface area contributed by atoms with E-state index < -0.39 is 11.6 Å². The second-order valence-electron chi connectivity index (χ2n) is 9.46. The van der Waals surface area contributed by atoms with E-state index in [2.05, 4.69) is 37.2 Å². The molecule has 0 spiro atoms. The third-order valence-electron chi connectivity index (χ3n) is 5.28. The third kappa shape index (κ3) is 8.64. The number of rotatable bonds is 9. The lowest BCUT2D eigenvalue weighted by Gasteiger charge is -2.33. The summed E-state index contributed by atoms with van der Waals surface area (Å²) in [4.78, 5) is 28.8. The number of halogens is 3. The van der Waals surface area contributed by atoms with Gasteiger partial charge in [0.25, 0.3) is 5.91 Å². The van der Waals surface area contributed by atoms with Crippen molar-refractivity contribution < 1.29 is 14.3 Å². The minimum Gasteiger partial charge on any atom is -0.483 e. The Bertz CT molecular complexity index is 1180. The molecule has 0 radical (unpaired) electrons. The van der Waals surface area contributed by atoms with Crippen LogP contribution in [-0.2, 0) is 22.6 Å². The van der Waals surface area contributed by atoms with Crippen molar-refractivity contribution in [3.05, 3.63) is 97.9 Å². The average Bonchev–Trinajstić information content (AvgIpc) is 2.81. The van der Waals surface area contributed by atoms with Gasteiger partial charge in [0.15, 0.2) is 6.61 Å². The van der Waals surface area contributed by atoms with E-state index in [4.69, 9.17) is 16.3 Å². The van der Waals surface area contributed by atoms with E-state index in [9.17, 15) is 9.59 Å². The van der Waals surface area contributed by atoms with Gasteiger partial charge in [-0.2, -0.15) is 0 Å². The molecule has 3 rings (SSSR count). The molecule has 3 aromatic carbocycles. The lowest BCUT2D eigenvalue weighted by Crippen LogP contribution is -2.55. The first-order chi connectivity index (χ1) is 17.0. The summed E-state index contributed by atoms with van der Waals surface area (Å²) in [5, 5.41) is 3.61. The molecular weight excluding hydrogens is 608 g/mol. The number of hydrogen-bond acceptors (Lipinski definition) is 3. The number of carbonyl (C=O) groups excluding carboxylic acids is 2. The fourth-order valence-corrected chi connectivity index (χ4v) is 4.67. The maximum absolute atomic E-state index is 13.6. The van der Waals surface area contributed by atoms with Gasteiger partial charge in [-0.25, -0.2) is 0 Å². The maximum Gasteiger partial charge on any atom is 0.261 e. The molecule has 0 bridgehead atoms. The van der Waals surface area contributed by atoms with Crippen molar-refractivity contribution in [2.24, 2.45) is 0 Å². The molecule has 0 saturated carbocycles. The molecule has 2 amide bonds. The molecule has 1 atom stereocenters. The van der Waals surface area contributed by atoms with Crippen LogP contribution in [0.3, 0.4) is 0 Å². The summed E-state index contributed by atoms with van der Waals surface area (Å²) < 4.78 is 7.42. The van der Waals surface area contributed by atoms with Crippen LogP contribution >= 0.6 is 43.5 Å². The fraction of sp³-hybridized carbons (Fsp3) is 0.286. The fourth-order valence-electron chi connectivity index (χ4n) is 3.61. The van der Waals surface area contributed by atoms with Crippen LogP contribution in [0.4, 0.5) is 0 Å². The molecule has 3 aromatic rings. The Kier molecular flexibility index (Phi) is 10.00. The molecule has 0 aromatic heterocycles. The quantitative estimate of drug-likeness (QED) is 0.281. The molecule has 1 N–H and O–H groups in total. The van der Waals surface area contributed by atoms with Crippen LogP contribution in [0.25, 0.3) is 0 Å². The topological polar surface area (TPSA) is 58.6 Å². The number of carbonyl (C=O) groups is 2. The first-order valence-corrected chi connectivity index (χ1v) is 13.5. The average molecular weight is 637 g/mol. The second-order valence-corrected chi connectivity index (χ2v) is 11.7. The van der Waals surface area contributed by atoms with E-state index in [1.54, 1.807) is 23.1 Å². The zero-order valence-electron chi connectivity index (χ0n) is 20.4. The summed E-state index contributed by atoms with van der Waals surface area (Å²) in [5.41, 5.74) is 1.41. The smallest absolute Gasteiger partial charge is 0.261 e. The second kappa shape index (κ2) is 12.7. The van der Waals surface area contributed by atoms with Gasteiger partial charge in [-0.05, 0) is 78.2 Å². The lowest BCUT2D eigenvalue weighted by atomic mass is 10.0. The molecule has 0 aliphatic rings. The van der Waals surface area contributed by atoms with E-state index in [0.717, 1.165) is 15.6 Å². The van der Waals surface area contributed by atoms with Gasteiger partial charge in [0.2, 0.25) is 5.91 Å². The summed E-state index contributed by atoms with van der Waals surface area (Å²) in [7, 11) is 0. The molecule has 0 aliphatic carbocycles. The maximum atomic E-state index is 13.6. The van der Waals surface area contributed by atoms with Crippen molar-refractivity contribution in [3.8, 4) is 5.75 Å². The van der Waals surface area contributed by atoms with Gasteiger partial charge in [0, 0.05) is 28.0 Å². The standard InChI is InChI=1S/C28H29Br2ClN2O3/c1-28(2,3)32-27(35)24(15-19-7-5-4-6-8-19)33(17-20-9-11-21(29)12-10-20)26(34)18-36-25-14-13-22(31)16-23(25)30/h4-14,16,24H,15,17-18H2,1-3H3,(H,32,35). The lowest BCUT2D eigenvalue weighted by molar-refractivity contribution is -0.143. The van der Waals surface area contributed by atoms with Crippen molar-refractivity contribution in [2.45, 2.75) is 45.3 Å². The van der Waals surface area contributed by atoms with Gasteiger partial charge in [0.1, 0.15) is 11.8 Å². The highest BCUT2D eigenvalue weighted by atomic mass is 79.9. The van der Waals surface area contributed by atoms with Crippen LogP contribution in [-0.4, -0.2) is 34.9 Å².